The monoisotopic (exact) mass is 275 g/mol. The van der Waals surface area contributed by atoms with Crippen molar-refractivity contribution in [3.8, 4) is 17.4 Å². The minimum atomic E-state index is 0.502. The van der Waals surface area contributed by atoms with Gasteiger partial charge in [0.05, 0.1) is 21.3 Å². The second kappa shape index (κ2) is 6.60. The Morgan fingerprint density at radius 1 is 1.05 bits per heavy atom. The summed E-state index contributed by atoms with van der Waals surface area (Å²) in [5, 5.41) is 3.12. The molecule has 0 radical (unpaired) electrons. The molecule has 0 atom stereocenters. The summed E-state index contributed by atoms with van der Waals surface area (Å²) in [5.41, 5.74) is 0.986. The molecule has 106 valence electrons. The molecule has 0 saturated carbocycles. The summed E-state index contributed by atoms with van der Waals surface area (Å²) < 4.78 is 15.5. The third-order valence-corrected chi connectivity index (χ3v) is 2.77. The molecule has 1 aromatic heterocycles. The van der Waals surface area contributed by atoms with Gasteiger partial charge in [0.1, 0.15) is 11.5 Å². The first-order valence-electron chi connectivity index (χ1n) is 6.08. The van der Waals surface area contributed by atoms with Crippen molar-refractivity contribution < 1.29 is 14.2 Å². The van der Waals surface area contributed by atoms with Crippen LogP contribution in [0.25, 0.3) is 0 Å². The van der Waals surface area contributed by atoms with E-state index in [1.165, 1.54) is 0 Å². The second-order valence-corrected chi connectivity index (χ2v) is 3.95. The maximum Gasteiger partial charge on any atom is 0.226 e. The summed E-state index contributed by atoms with van der Waals surface area (Å²) in [6, 6.07) is 7.35. The van der Waals surface area contributed by atoms with Gasteiger partial charge in [0.25, 0.3) is 0 Å². The van der Waals surface area contributed by atoms with E-state index in [9.17, 15) is 0 Å². The van der Waals surface area contributed by atoms with Gasteiger partial charge in [-0.3, -0.25) is 0 Å². The molecule has 2 aromatic rings. The average Bonchev–Trinajstić information content (AvgIpc) is 2.52. The van der Waals surface area contributed by atoms with Gasteiger partial charge in [0.15, 0.2) is 0 Å². The van der Waals surface area contributed by atoms with Gasteiger partial charge in [-0.05, 0) is 12.1 Å². The number of nitrogens with one attached hydrogen (secondary N) is 1. The van der Waals surface area contributed by atoms with Gasteiger partial charge in [-0.2, -0.15) is 4.98 Å². The molecule has 0 bridgehead atoms. The number of aromatic nitrogens is 2. The van der Waals surface area contributed by atoms with Gasteiger partial charge in [0.2, 0.25) is 11.8 Å². The van der Waals surface area contributed by atoms with Gasteiger partial charge in [-0.15, -0.1) is 0 Å². The standard InChI is InChI=1S/C14H17N3O3/c1-18-11-5-4-10(12(8-11)19-2)9-16-14-15-7-6-13(17-14)20-3/h4-8H,9H2,1-3H3,(H,15,16,17). The van der Waals surface area contributed by atoms with E-state index in [0.29, 0.717) is 18.4 Å². The Hall–Kier alpha value is -2.50. The van der Waals surface area contributed by atoms with Crippen LogP contribution in [0.2, 0.25) is 0 Å². The molecule has 0 spiro atoms. The predicted octanol–water partition coefficient (Wildman–Crippen LogP) is 2.11. The number of nitrogens with zero attached hydrogens (tertiary/aromatic N) is 2. The lowest BCUT2D eigenvalue weighted by molar-refractivity contribution is 0.391. The maximum atomic E-state index is 5.34. The van der Waals surface area contributed by atoms with Crippen LogP contribution >= 0.6 is 0 Å². The van der Waals surface area contributed by atoms with Gasteiger partial charge < -0.3 is 19.5 Å². The minimum absolute atomic E-state index is 0.502. The molecular weight excluding hydrogens is 258 g/mol. The first kappa shape index (κ1) is 13.9. The number of methoxy groups -OCH3 is 3. The van der Waals surface area contributed by atoms with Crippen LogP contribution in [-0.2, 0) is 6.54 Å². The Morgan fingerprint density at radius 3 is 2.60 bits per heavy atom. The summed E-state index contributed by atoms with van der Waals surface area (Å²) in [5.74, 6) is 2.52. The van der Waals surface area contributed by atoms with E-state index >= 15 is 0 Å². The smallest absolute Gasteiger partial charge is 0.226 e. The van der Waals surface area contributed by atoms with Gasteiger partial charge in [-0.25, -0.2) is 4.98 Å². The number of rotatable bonds is 6. The normalized spacial score (nSPS) is 9.95. The second-order valence-electron chi connectivity index (χ2n) is 3.95. The summed E-state index contributed by atoms with van der Waals surface area (Å²) in [6.45, 7) is 0.542. The summed E-state index contributed by atoms with van der Waals surface area (Å²) in [4.78, 5) is 8.31. The van der Waals surface area contributed by atoms with Gasteiger partial charge in [-0.1, -0.05) is 0 Å². The molecule has 1 N–H and O–H groups in total. The topological polar surface area (TPSA) is 65.5 Å². The lowest BCUT2D eigenvalue weighted by atomic mass is 10.2. The molecule has 1 aromatic carbocycles. The summed E-state index contributed by atoms with van der Waals surface area (Å²) in [6.07, 6.45) is 1.64. The first-order chi connectivity index (χ1) is 9.76. The molecule has 0 aliphatic carbocycles. The van der Waals surface area contributed by atoms with Crippen LogP contribution in [0.5, 0.6) is 17.4 Å². The Kier molecular flexibility index (Phi) is 4.60. The average molecular weight is 275 g/mol. The lowest BCUT2D eigenvalue weighted by Crippen LogP contribution is -2.05. The van der Waals surface area contributed by atoms with Crippen LogP contribution in [0.3, 0.4) is 0 Å². The fourth-order valence-electron chi connectivity index (χ4n) is 1.71. The van der Waals surface area contributed by atoms with E-state index in [1.54, 1.807) is 33.6 Å². The first-order valence-corrected chi connectivity index (χ1v) is 6.08. The van der Waals surface area contributed by atoms with Crippen molar-refractivity contribution in [2.45, 2.75) is 6.54 Å². The lowest BCUT2D eigenvalue weighted by Gasteiger charge is -2.11. The van der Waals surface area contributed by atoms with Crippen molar-refractivity contribution in [2.75, 3.05) is 26.6 Å². The molecule has 2 rings (SSSR count). The quantitative estimate of drug-likeness (QED) is 0.871. The van der Waals surface area contributed by atoms with Crippen molar-refractivity contribution in [2.24, 2.45) is 0 Å². The van der Waals surface area contributed by atoms with E-state index in [1.807, 2.05) is 18.2 Å². The number of benzene rings is 1. The minimum Gasteiger partial charge on any atom is -0.497 e. The van der Waals surface area contributed by atoms with Crippen LogP contribution in [0, 0.1) is 0 Å². The Balaban J connectivity index is 2.10. The zero-order valence-electron chi connectivity index (χ0n) is 11.7. The highest BCUT2D eigenvalue weighted by atomic mass is 16.5. The molecule has 0 unspecified atom stereocenters. The fraction of sp³-hybridized carbons (Fsp3) is 0.286. The molecule has 6 heteroatoms. The predicted molar refractivity (Wildman–Crippen MR) is 75.5 cm³/mol. The zero-order valence-corrected chi connectivity index (χ0v) is 11.7. The summed E-state index contributed by atoms with van der Waals surface area (Å²) >= 11 is 0. The third-order valence-electron chi connectivity index (χ3n) is 2.77. The van der Waals surface area contributed by atoms with E-state index in [0.717, 1.165) is 17.1 Å². The van der Waals surface area contributed by atoms with Crippen LogP contribution in [-0.4, -0.2) is 31.3 Å². The van der Waals surface area contributed by atoms with Crippen molar-refractivity contribution in [1.29, 1.82) is 0 Å². The molecule has 6 nitrogen and oxygen atoms in total. The maximum absolute atomic E-state index is 5.34. The van der Waals surface area contributed by atoms with Crippen LogP contribution in [0.4, 0.5) is 5.95 Å². The van der Waals surface area contributed by atoms with E-state index in [-0.39, 0.29) is 0 Å². The van der Waals surface area contributed by atoms with Crippen molar-refractivity contribution in [3.05, 3.63) is 36.0 Å². The fourth-order valence-corrected chi connectivity index (χ4v) is 1.71. The molecule has 0 aliphatic rings. The van der Waals surface area contributed by atoms with Crippen LogP contribution < -0.4 is 19.5 Å². The SMILES string of the molecule is COc1ccc(CNc2nccc(OC)n2)c(OC)c1. The van der Waals surface area contributed by atoms with Gasteiger partial charge >= 0.3 is 0 Å². The third kappa shape index (κ3) is 3.28. The van der Waals surface area contributed by atoms with E-state index in [2.05, 4.69) is 15.3 Å². The molecule has 0 aliphatic heterocycles. The van der Waals surface area contributed by atoms with Crippen LogP contribution in [0.15, 0.2) is 30.5 Å². The highest BCUT2D eigenvalue weighted by molar-refractivity contribution is 5.42. The molecule has 0 fully saturated rings. The Labute approximate surface area is 117 Å². The van der Waals surface area contributed by atoms with Crippen molar-refractivity contribution in [3.63, 3.8) is 0 Å². The van der Waals surface area contributed by atoms with E-state index < -0.39 is 0 Å². The number of hydrogen-bond acceptors (Lipinski definition) is 6. The number of hydrogen-bond donors (Lipinski definition) is 1. The highest BCUT2D eigenvalue weighted by Gasteiger charge is 2.06. The Morgan fingerprint density at radius 2 is 1.90 bits per heavy atom. The van der Waals surface area contributed by atoms with Crippen LogP contribution in [0.1, 0.15) is 5.56 Å². The van der Waals surface area contributed by atoms with Crippen molar-refractivity contribution in [1.82, 2.24) is 9.97 Å². The number of anilines is 1. The zero-order chi connectivity index (χ0) is 14.4. The summed E-state index contributed by atoms with van der Waals surface area (Å²) in [7, 11) is 4.82. The van der Waals surface area contributed by atoms with Crippen molar-refractivity contribution >= 4 is 5.95 Å². The largest absolute Gasteiger partial charge is 0.497 e. The molecule has 20 heavy (non-hydrogen) atoms. The highest BCUT2D eigenvalue weighted by Crippen LogP contribution is 2.25. The molecular formula is C14H17N3O3. The number of ether oxygens (including phenoxy) is 3. The van der Waals surface area contributed by atoms with Gasteiger partial charge in [0, 0.05) is 30.4 Å². The molecule has 0 saturated heterocycles. The Bertz CT molecular complexity index is 575. The molecule has 1 heterocycles. The molecule has 0 amide bonds. The van der Waals surface area contributed by atoms with E-state index in [4.69, 9.17) is 14.2 Å².